The first-order chi connectivity index (χ1) is 8.08. The predicted octanol–water partition coefficient (Wildman–Crippen LogP) is 2.28. The minimum atomic E-state index is -3.07. The van der Waals surface area contributed by atoms with E-state index in [0.29, 0.717) is 19.6 Å². The molecule has 0 aliphatic heterocycles. The number of ether oxygens (including phenoxy) is 1. The van der Waals surface area contributed by atoms with Crippen molar-refractivity contribution in [2.24, 2.45) is 0 Å². The standard InChI is InChI=1S/C10H15NO3S.C2H6.H2/c1-15(12,13)11-8-5-9-14-10-6-3-2-4-7-10;1-2;/h2-4,6-7,11H,5,8-9H2,1H3;1-2H3;1H. The van der Waals surface area contributed by atoms with E-state index in [1.165, 1.54) is 0 Å². The van der Waals surface area contributed by atoms with Gasteiger partial charge in [0.15, 0.2) is 0 Å². The molecule has 1 rings (SSSR count). The molecule has 0 bridgehead atoms. The molecule has 0 radical (unpaired) electrons. The van der Waals surface area contributed by atoms with Gasteiger partial charge in [-0.25, -0.2) is 13.1 Å². The highest BCUT2D eigenvalue weighted by molar-refractivity contribution is 7.88. The summed E-state index contributed by atoms with van der Waals surface area (Å²) < 4.78 is 29.2. The molecule has 0 atom stereocenters. The van der Waals surface area contributed by atoms with E-state index in [4.69, 9.17) is 4.74 Å². The molecule has 1 aromatic rings. The monoisotopic (exact) mass is 261 g/mol. The quantitative estimate of drug-likeness (QED) is 0.799. The number of nitrogens with one attached hydrogen (secondary N) is 1. The first kappa shape index (κ1) is 15.9. The molecule has 5 heteroatoms. The minimum absolute atomic E-state index is 0. The van der Waals surface area contributed by atoms with Crippen LogP contribution in [0, 0.1) is 0 Å². The molecule has 0 saturated carbocycles. The summed E-state index contributed by atoms with van der Waals surface area (Å²) in [7, 11) is -3.07. The van der Waals surface area contributed by atoms with Gasteiger partial charge in [0.25, 0.3) is 0 Å². The zero-order chi connectivity index (χ0) is 13.1. The summed E-state index contributed by atoms with van der Waals surface area (Å²) in [5.74, 6) is 0.803. The zero-order valence-corrected chi connectivity index (χ0v) is 11.5. The van der Waals surface area contributed by atoms with Gasteiger partial charge in [0.05, 0.1) is 12.9 Å². The van der Waals surface area contributed by atoms with E-state index in [1.807, 2.05) is 44.2 Å². The molecule has 0 fully saturated rings. The van der Waals surface area contributed by atoms with Crippen LogP contribution in [0.2, 0.25) is 0 Å². The summed E-state index contributed by atoms with van der Waals surface area (Å²) in [6.07, 6.45) is 1.80. The lowest BCUT2D eigenvalue weighted by Gasteiger charge is -2.05. The molecule has 0 saturated heterocycles. The first-order valence-electron chi connectivity index (χ1n) is 5.70. The van der Waals surface area contributed by atoms with Gasteiger partial charge in [-0.15, -0.1) is 0 Å². The lowest BCUT2D eigenvalue weighted by atomic mass is 10.3. The van der Waals surface area contributed by atoms with Gasteiger partial charge in [0, 0.05) is 7.97 Å². The van der Waals surface area contributed by atoms with E-state index in [0.717, 1.165) is 12.0 Å². The molecule has 17 heavy (non-hydrogen) atoms. The summed E-state index contributed by atoms with van der Waals surface area (Å²) >= 11 is 0. The molecule has 100 valence electrons. The van der Waals surface area contributed by atoms with Crippen LogP contribution in [0.3, 0.4) is 0 Å². The Balaban J connectivity index is 0. The van der Waals surface area contributed by atoms with Crippen LogP contribution in [0.1, 0.15) is 21.7 Å². The number of benzene rings is 1. The average Bonchev–Trinajstić information content (AvgIpc) is 2.31. The number of hydrogen-bond donors (Lipinski definition) is 1. The highest BCUT2D eigenvalue weighted by atomic mass is 32.2. The Kier molecular flexibility index (Phi) is 8.44. The van der Waals surface area contributed by atoms with Crippen molar-refractivity contribution in [1.29, 1.82) is 0 Å². The summed E-state index contributed by atoms with van der Waals surface area (Å²) in [6, 6.07) is 9.43. The van der Waals surface area contributed by atoms with Crippen molar-refractivity contribution in [2.75, 3.05) is 19.4 Å². The normalized spacial score (nSPS) is 10.3. The molecule has 4 nitrogen and oxygen atoms in total. The largest absolute Gasteiger partial charge is 0.494 e. The fourth-order valence-corrected chi connectivity index (χ4v) is 1.55. The van der Waals surface area contributed by atoms with Gasteiger partial charge in [0.2, 0.25) is 10.0 Å². The molecule has 0 heterocycles. The maximum atomic E-state index is 10.7. The Morgan fingerprint density at radius 1 is 1.24 bits per heavy atom. The predicted molar refractivity (Wildman–Crippen MR) is 72.9 cm³/mol. The molecular weight excluding hydrogens is 238 g/mol. The molecular formula is C12H23NO3S. The van der Waals surface area contributed by atoms with Crippen LogP contribution in [0.25, 0.3) is 0 Å². The van der Waals surface area contributed by atoms with Crippen LogP contribution in [0.4, 0.5) is 0 Å². The summed E-state index contributed by atoms with van der Waals surface area (Å²) in [4.78, 5) is 0. The molecule has 1 aromatic carbocycles. The van der Waals surface area contributed by atoms with Crippen LogP contribution in [-0.2, 0) is 10.0 Å². The molecule has 0 unspecified atom stereocenters. The third-order valence-electron chi connectivity index (χ3n) is 1.70. The van der Waals surface area contributed by atoms with Gasteiger partial charge in [0.1, 0.15) is 5.75 Å². The van der Waals surface area contributed by atoms with Crippen molar-refractivity contribution in [3.8, 4) is 5.75 Å². The summed E-state index contributed by atoms with van der Waals surface area (Å²) in [5.41, 5.74) is 0. The van der Waals surface area contributed by atoms with Gasteiger partial charge in [-0.1, -0.05) is 32.0 Å². The molecule has 0 aliphatic carbocycles. The van der Waals surface area contributed by atoms with E-state index in [9.17, 15) is 8.42 Å². The second kappa shape index (κ2) is 9.01. The Morgan fingerprint density at radius 2 is 1.82 bits per heavy atom. The van der Waals surface area contributed by atoms with Crippen LogP contribution in [0.15, 0.2) is 30.3 Å². The Morgan fingerprint density at radius 3 is 2.35 bits per heavy atom. The number of sulfonamides is 1. The second-order valence-electron chi connectivity index (χ2n) is 3.18. The topological polar surface area (TPSA) is 55.4 Å². The Bertz CT molecular complexity index is 382. The lowest BCUT2D eigenvalue weighted by Crippen LogP contribution is -2.24. The van der Waals surface area contributed by atoms with Gasteiger partial charge in [-0.3, -0.25) is 0 Å². The maximum Gasteiger partial charge on any atom is 0.208 e. The van der Waals surface area contributed by atoms with Crippen molar-refractivity contribution in [3.05, 3.63) is 30.3 Å². The van der Waals surface area contributed by atoms with Crippen molar-refractivity contribution < 1.29 is 14.6 Å². The average molecular weight is 261 g/mol. The summed E-state index contributed by atoms with van der Waals surface area (Å²) in [5, 5.41) is 0. The Labute approximate surface area is 106 Å². The molecule has 0 spiro atoms. The molecule has 0 aromatic heterocycles. The van der Waals surface area contributed by atoms with Gasteiger partial charge < -0.3 is 4.74 Å². The maximum absolute atomic E-state index is 10.7. The van der Waals surface area contributed by atoms with Crippen molar-refractivity contribution >= 4 is 10.0 Å². The van der Waals surface area contributed by atoms with Crippen LogP contribution >= 0.6 is 0 Å². The van der Waals surface area contributed by atoms with Crippen LogP contribution < -0.4 is 9.46 Å². The van der Waals surface area contributed by atoms with E-state index in [2.05, 4.69) is 4.72 Å². The highest BCUT2D eigenvalue weighted by Gasteiger charge is 1.98. The van der Waals surface area contributed by atoms with E-state index < -0.39 is 10.0 Å². The smallest absolute Gasteiger partial charge is 0.208 e. The van der Waals surface area contributed by atoms with Crippen molar-refractivity contribution in [2.45, 2.75) is 20.3 Å². The van der Waals surface area contributed by atoms with E-state index >= 15 is 0 Å². The number of rotatable bonds is 6. The molecule has 0 aliphatic rings. The third-order valence-corrected chi connectivity index (χ3v) is 2.43. The van der Waals surface area contributed by atoms with Gasteiger partial charge in [-0.2, -0.15) is 0 Å². The van der Waals surface area contributed by atoms with Crippen LogP contribution in [0.5, 0.6) is 5.75 Å². The van der Waals surface area contributed by atoms with E-state index in [1.54, 1.807) is 0 Å². The third kappa shape index (κ3) is 9.84. The van der Waals surface area contributed by atoms with Gasteiger partial charge >= 0.3 is 0 Å². The first-order valence-corrected chi connectivity index (χ1v) is 7.59. The second-order valence-corrected chi connectivity index (χ2v) is 5.01. The molecule has 1 N–H and O–H groups in total. The van der Waals surface area contributed by atoms with Gasteiger partial charge in [-0.05, 0) is 18.6 Å². The lowest BCUT2D eigenvalue weighted by molar-refractivity contribution is 0.311. The summed E-state index contributed by atoms with van der Waals surface area (Å²) in [6.45, 7) is 4.91. The Hall–Kier alpha value is -1.07. The zero-order valence-electron chi connectivity index (χ0n) is 10.6. The fourth-order valence-electron chi connectivity index (χ4n) is 1.04. The number of para-hydroxylation sites is 1. The number of hydrogen-bond acceptors (Lipinski definition) is 3. The van der Waals surface area contributed by atoms with Crippen molar-refractivity contribution in [3.63, 3.8) is 0 Å². The SMILES string of the molecule is CC.CS(=O)(=O)NCCCOc1ccccc1.[HH]. The molecule has 0 amide bonds. The minimum Gasteiger partial charge on any atom is -0.494 e. The van der Waals surface area contributed by atoms with E-state index in [-0.39, 0.29) is 1.43 Å². The fraction of sp³-hybridized carbons (Fsp3) is 0.500. The highest BCUT2D eigenvalue weighted by Crippen LogP contribution is 2.07. The van der Waals surface area contributed by atoms with Crippen LogP contribution in [-0.4, -0.2) is 27.8 Å². The van der Waals surface area contributed by atoms with Crippen molar-refractivity contribution in [1.82, 2.24) is 4.72 Å².